The first-order valence-corrected chi connectivity index (χ1v) is 6.27. The fourth-order valence-corrected chi connectivity index (χ4v) is 1.99. The molecule has 0 aliphatic heterocycles. The lowest BCUT2D eigenvalue weighted by atomic mass is 10.1. The van der Waals surface area contributed by atoms with Crippen LogP contribution in [0.15, 0.2) is 30.3 Å². The minimum atomic E-state index is 0.332. The van der Waals surface area contributed by atoms with Crippen molar-refractivity contribution in [3.63, 3.8) is 0 Å². The van der Waals surface area contributed by atoms with Gasteiger partial charge in [0.15, 0.2) is 5.82 Å². The molecule has 1 aromatic carbocycles. The molecular formula is C14H15ClN2O. The predicted molar refractivity (Wildman–Crippen MR) is 71.9 cm³/mol. The molecule has 4 heteroatoms. The molecule has 0 bridgehead atoms. The molecule has 0 spiro atoms. The average Bonchev–Trinajstić information content (AvgIpc) is 2.35. The highest BCUT2D eigenvalue weighted by molar-refractivity contribution is 6.29. The van der Waals surface area contributed by atoms with Crippen LogP contribution in [0.5, 0.6) is 5.75 Å². The molecule has 0 amide bonds. The van der Waals surface area contributed by atoms with Crippen molar-refractivity contribution in [2.24, 2.45) is 0 Å². The first-order chi connectivity index (χ1) is 8.69. The van der Waals surface area contributed by atoms with Gasteiger partial charge in [0, 0.05) is 5.69 Å². The van der Waals surface area contributed by atoms with Crippen LogP contribution in [0.1, 0.15) is 24.0 Å². The minimum Gasteiger partial charge on any atom is -0.485 e. The van der Waals surface area contributed by atoms with E-state index in [1.807, 2.05) is 25.1 Å². The van der Waals surface area contributed by atoms with Crippen molar-refractivity contribution in [2.75, 3.05) is 0 Å². The number of hydrogen-bond acceptors (Lipinski definition) is 3. The first kappa shape index (κ1) is 12.8. The smallest absolute Gasteiger partial charge is 0.167 e. The van der Waals surface area contributed by atoms with Crippen LogP contribution in [-0.4, -0.2) is 9.97 Å². The van der Waals surface area contributed by atoms with E-state index >= 15 is 0 Å². The Morgan fingerprint density at radius 2 is 2.00 bits per heavy atom. The van der Waals surface area contributed by atoms with E-state index in [4.69, 9.17) is 16.3 Å². The van der Waals surface area contributed by atoms with Crippen molar-refractivity contribution in [1.29, 1.82) is 0 Å². The molecule has 0 aliphatic carbocycles. The zero-order chi connectivity index (χ0) is 13.0. The maximum Gasteiger partial charge on any atom is 0.167 e. The van der Waals surface area contributed by atoms with Gasteiger partial charge in [0.1, 0.15) is 17.5 Å². The van der Waals surface area contributed by atoms with E-state index in [0.29, 0.717) is 17.6 Å². The molecule has 1 aromatic heterocycles. The normalized spacial score (nSPS) is 10.4. The number of rotatable bonds is 4. The van der Waals surface area contributed by atoms with E-state index in [2.05, 4.69) is 23.0 Å². The summed E-state index contributed by atoms with van der Waals surface area (Å²) in [5, 5.41) is 0.449. The van der Waals surface area contributed by atoms with Crippen LogP contribution in [0.2, 0.25) is 5.15 Å². The molecule has 0 saturated heterocycles. The van der Waals surface area contributed by atoms with Gasteiger partial charge in [-0.1, -0.05) is 36.7 Å². The monoisotopic (exact) mass is 262 g/mol. The van der Waals surface area contributed by atoms with Crippen molar-refractivity contribution >= 4 is 11.6 Å². The summed E-state index contributed by atoms with van der Waals surface area (Å²) >= 11 is 5.88. The third-order valence-corrected chi connectivity index (χ3v) is 2.77. The van der Waals surface area contributed by atoms with Crippen LogP contribution < -0.4 is 4.74 Å². The minimum absolute atomic E-state index is 0.332. The van der Waals surface area contributed by atoms with E-state index in [-0.39, 0.29) is 0 Å². The summed E-state index contributed by atoms with van der Waals surface area (Å²) in [6.45, 7) is 4.32. The number of aromatic nitrogens is 2. The number of para-hydroxylation sites is 1. The van der Waals surface area contributed by atoms with Gasteiger partial charge in [-0.3, -0.25) is 0 Å². The van der Waals surface area contributed by atoms with Crippen LogP contribution in [0.3, 0.4) is 0 Å². The fourth-order valence-electron chi connectivity index (χ4n) is 1.73. The standard InChI is InChI=1S/C14H15ClN2O/c1-3-11-6-4-5-7-12(11)18-9-14-16-10(2)8-13(15)17-14/h4-8H,3,9H2,1-2H3. The highest BCUT2D eigenvalue weighted by Crippen LogP contribution is 2.19. The van der Waals surface area contributed by atoms with E-state index in [1.165, 1.54) is 5.56 Å². The van der Waals surface area contributed by atoms with Gasteiger partial charge in [-0.15, -0.1) is 0 Å². The van der Waals surface area contributed by atoms with E-state index < -0.39 is 0 Å². The molecule has 0 atom stereocenters. The summed E-state index contributed by atoms with van der Waals surface area (Å²) in [6.07, 6.45) is 0.936. The van der Waals surface area contributed by atoms with Gasteiger partial charge in [0.2, 0.25) is 0 Å². The van der Waals surface area contributed by atoms with Crippen molar-refractivity contribution in [2.45, 2.75) is 26.9 Å². The summed E-state index contributed by atoms with van der Waals surface area (Å²) in [6, 6.07) is 9.70. The second kappa shape index (κ2) is 5.83. The molecular weight excluding hydrogens is 248 g/mol. The SMILES string of the molecule is CCc1ccccc1OCc1nc(C)cc(Cl)n1. The molecule has 0 radical (unpaired) electrons. The van der Waals surface area contributed by atoms with Gasteiger partial charge >= 0.3 is 0 Å². The average molecular weight is 263 g/mol. The van der Waals surface area contributed by atoms with Crippen molar-refractivity contribution in [1.82, 2.24) is 9.97 Å². The van der Waals surface area contributed by atoms with Gasteiger partial charge in [-0.25, -0.2) is 9.97 Å². The molecule has 3 nitrogen and oxygen atoms in total. The Labute approximate surface area is 112 Å². The number of hydrogen-bond donors (Lipinski definition) is 0. The molecule has 0 fully saturated rings. The van der Waals surface area contributed by atoms with Crippen LogP contribution in [0.4, 0.5) is 0 Å². The highest BCUT2D eigenvalue weighted by Gasteiger charge is 2.04. The highest BCUT2D eigenvalue weighted by atomic mass is 35.5. The third-order valence-electron chi connectivity index (χ3n) is 2.58. The zero-order valence-corrected chi connectivity index (χ0v) is 11.2. The lowest BCUT2D eigenvalue weighted by molar-refractivity contribution is 0.292. The molecule has 1 heterocycles. The van der Waals surface area contributed by atoms with Crippen molar-refractivity contribution < 1.29 is 4.74 Å². The lowest BCUT2D eigenvalue weighted by Gasteiger charge is -2.09. The largest absolute Gasteiger partial charge is 0.485 e. The molecule has 0 N–H and O–H groups in total. The molecule has 2 rings (SSSR count). The number of halogens is 1. The maximum atomic E-state index is 5.88. The van der Waals surface area contributed by atoms with Crippen LogP contribution in [0.25, 0.3) is 0 Å². The Balaban J connectivity index is 2.11. The number of nitrogens with zero attached hydrogens (tertiary/aromatic N) is 2. The summed E-state index contributed by atoms with van der Waals surface area (Å²) in [5.41, 5.74) is 2.02. The van der Waals surface area contributed by atoms with E-state index in [1.54, 1.807) is 6.07 Å². The summed E-state index contributed by atoms with van der Waals surface area (Å²) in [7, 11) is 0. The molecule has 0 saturated carbocycles. The molecule has 0 unspecified atom stereocenters. The van der Waals surface area contributed by atoms with E-state index in [0.717, 1.165) is 17.9 Å². The molecule has 18 heavy (non-hydrogen) atoms. The maximum absolute atomic E-state index is 5.88. The topological polar surface area (TPSA) is 35.0 Å². The van der Waals surface area contributed by atoms with Gasteiger partial charge in [0.25, 0.3) is 0 Å². The molecule has 0 aliphatic rings. The number of ether oxygens (including phenoxy) is 1. The van der Waals surface area contributed by atoms with Crippen molar-refractivity contribution in [3.05, 3.63) is 52.6 Å². The quantitative estimate of drug-likeness (QED) is 0.790. The Morgan fingerprint density at radius 3 is 2.72 bits per heavy atom. The third kappa shape index (κ3) is 3.20. The van der Waals surface area contributed by atoms with Gasteiger partial charge < -0.3 is 4.74 Å². The molecule has 2 aromatic rings. The van der Waals surface area contributed by atoms with Gasteiger partial charge in [-0.05, 0) is 31.0 Å². The Kier molecular flexibility index (Phi) is 4.15. The van der Waals surface area contributed by atoms with Gasteiger partial charge in [0.05, 0.1) is 0 Å². The Morgan fingerprint density at radius 1 is 1.22 bits per heavy atom. The summed E-state index contributed by atoms with van der Waals surface area (Å²) in [4.78, 5) is 8.42. The zero-order valence-electron chi connectivity index (χ0n) is 10.5. The van der Waals surface area contributed by atoms with Crippen LogP contribution in [-0.2, 0) is 13.0 Å². The predicted octanol–water partition coefficient (Wildman–Crippen LogP) is 3.58. The molecule has 94 valence electrons. The summed E-state index contributed by atoms with van der Waals surface area (Å²) in [5.74, 6) is 1.48. The van der Waals surface area contributed by atoms with Crippen molar-refractivity contribution in [3.8, 4) is 5.75 Å². The fraction of sp³-hybridized carbons (Fsp3) is 0.286. The van der Waals surface area contributed by atoms with Crippen LogP contribution >= 0.6 is 11.6 Å². The lowest BCUT2D eigenvalue weighted by Crippen LogP contribution is -2.04. The van der Waals surface area contributed by atoms with Gasteiger partial charge in [-0.2, -0.15) is 0 Å². The number of benzene rings is 1. The first-order valence-electron chi connectivity index (χ1n) is 5.90. The number of aryl methyl sites for hydroxylation is 2. The van der Waals surface area contributed by atoms with E-state index in [9.17, 15) is 0 Å². The second-order valence-corrected chi connectivity index (χ2v) is 4.39. The Hall–Kier alpha value is -1.61. The van der Waals surface area contributed by atoms with Crippen LogP contribution in [0, 0.1) is 6.92 Å². The second-order valence-electron chi connectivity index (χ2n) is 4.00. The summed E-state index contributed by atoms with van der Waals surface area (Å²) < 4.78 is 5.74. The Bertz CT molecular complexity index is 523.